The van der Waals surface area contributed by atoms with Gasteiger partial charge >= 0.3 is 171 Å². The van der Waals surface area contributed by atoms with E-state index < -0.39 is 6.83 Å². The van der Waals surface area contributed by atoms with E-state index in [1.807, 2.05) is 0 Å². The van der Waals surface area contributed by atoms with E-state index in [1.54, 1.807) is 0 Å². The van der Waals surface area contributed by atoms with Crippen LogP contribution < -0.4 is 0 Å². The van der Waals surface area contributed by atoms with Crippen molar-refractivity contribution in [2.45, 2.75) is 119 Å². The Kier molecular flexibility index (Phi) is 13.1. The zero-order valence-corrected chi connectivity index (χ0v) is 20.8. The van der Waals surface area contributed by atoms with Crippen LogP contribution in [0.5, 0.6) is 0 Å². The number of unbranched alkanes of at least 4 members (excludes halogenated alkanes) is 6. The monoisotopic (exact) mass is 402 g/mol. The molecule has 0 aromatic carbocycles. The van der Waals surface area contributed by atoms with Gasteiger partial charge in [-0.15, -0.1) is 0 Å². The third-order valence-electron chi connectivity index (χ3n) is 6.59. The van der Waals surface area contributed by atoms with Crippen molar-refractivity contribution < 1.29 is 9.32 Å². The van der Waals surface area contributed by atoms with Crippen LogP contribution in [-0.2, 0) is 9.32 Å². The van der Waals surface area contributed by atoms with Crippen molar-refractivity contribution in [2.24, 2.45) is 5.41 Å². The van der Waals surface area contributed by atoms with E-state index >= 15 is 0 Å². The summed E-state index contributed by atoms with van der Waals surface area (Å²) in [5.74, 6) is 0.0847. The summed E-state index contributed by atoms with van der Waals surface area (Å²) in [5, 5.41) is 0. The van der Waals surface area contributed by atoms with Crippen molar-refractivity contribution in [1.29, 1.82) is 0 Å². The van der Waals surface area contributed by atoms with Gasteiger partial charge in [-0.25, -0.2) is 0 Å². The Hall–Kier alpha value is -0.100. The molecule has 2 nitrogen and oxygen atoms in total. The first-order valence-electron chi connectivity index (χ1n) is 12.0. The first-order valence-corrected chi connectivity index (χ1v) is 14.9. The summed E-state index contributed by atoms with van der Waals surface area (Å²) >= 11 is 0. The summed E-state index contributed by atoms with van der Waals surface area (Å²) in [7, 11) is 0. The van der Waals surface area contributed by atoms with Crippen LogP contribution in [0.2, 0.25) is 0 Å². The standard InChI is InChI=1S/C24H51O2P/c1-8-13-17-18-22-27(19-14-9-2,20-15-10-3,21-16-11-4)26-23(25)24(6,7)12-5/h8-22H2,1-7H3. The zero-order valence-electron chi connectivity index (χ0n) is 19.9. The van der Waals surface area contributed by atoms with Crippen molar-refractivity contribution >= 4 is 12.8 Å². The predicted octanol–water partition coefficient (Wildman–Crippen LogP) is 8.41. The summed E-state index contributed by atoms with van der Waals surface area (Å²) in [6.07, 6.45) is 17.8. The van der Waals surface area contributed by atoms with Gasteiger partial charge in [0.25, 0.3) is 0 Å². The van der Waals surface area contributed by atoms with Gasteiger partial charge in [-0.3, -0.25) is 0 Å². The fraction of sp³-hybridized carbons (Fsp3) is 0.958. The Balaban J connectivity index is 5.92. The molecule has 0 saturated carbocycles. The molecule has 0 radical (unpaired) electrons. The maximum atomic E-state index is 13.3. The molecule has 27 heavy (non-hydrogen) atoms. The van der Waals surface area contributed by atoms with Crippen LogP contribution in [0.3, 0.4) is 0 Å². The van der Waals surface area contributed by atoms with Crippen molar-refractivity contribution in [3.8, 4) is 0 Å². The van der Waals surface area contributed by atoms with Crippen molar-refractivity contribution in [3.05, 3.63) is 0 Å². The van der Waals surface area contributed by atoms with E-state index in [-0.39, 0.29) is 11.4 Å². The van der Waals surface area contributed by atoms with Gasteiger partial charge in [-0.1, -0.05) is 0 Å². The fourth-order valence-electron chi connectivity index (χ4n) is 3.97. The molecule has 0 aliphatic carbocycles. The first kappa shape index (κ1) is 26.9. The first-order chi connectivity index (χ1) is 12.7. The van der Waals surface area contributed by atoms with Crippen LogP contribution in [0.4, 0.5) is 0 Å². The number of hydrogen-bond donors (Lipinski definition) is 0. The summed E-state index contributed by atoms with van der Waals surface area (Å²) in [6.45, 7) is 12.9. The van der Waals surface area contributed by atoms with Gasteiger partial charge in [0, 0.05) is 0 Å². The molecule has 0 aliphatic heterocycles. The second-order valence-corrected chi connectivity index (χ2v) is 15.2. The minimum atomic E-state index is -2.50. The zero-order chi connectivity index (χ0) is 20.8. The van der Waals surface area contributed by atoms with Gasteiger partial charge in [0.1, 0.15) is 0 Å². The Morgan fingerprint density at radius 1 is 0.667 bits per heavy atom. The average molecular weight is 403 g/mol. The van der Waals surface area contributed by atoms with E-state index in [1.165, 1.54) is 88.9 Å². The molecule has 0 saturated heterocycles. The van der Waals surface area contributed by atoms with Gasteiger partial charge in [0.15, 0.2) is 0 Å². The molecule has 0 heterocycles. The topological polar surface area (TPSA) is 26.3 Å². The summed E-state index contributed by atoms with van der Waals surface area (Å²) in [6, 6.07) is 0. The van der Waals surface area contributed by atoms with Gasteiger partial charge in [0.05, 0.1) is 0 Å². The molecule has 0 spiro atoms. The molecule has 0 aromatic heterocycles. The number of carbonyl (C=O) groups excluding carboxylic acids is 1. The molecule has 0 rings (SSSR count). The van der Waals surface area contributed by atoms with Crippen LogP contribution in [0.15, 0.2) is 0 Å². The van der Waals surface area contributed by atoms with E-state index in [2.05, 4.69) is 48.5 Å². The van der Waals surface area contributed by atoms with Crippen LogP contribution in [0.1, 0.15) is 119 Å². The van der Waals surface area contributed by atoms with Gasteiger partial charge < -0.3 is 0 Å². The molecule has 0 amide bonds. The van der Waals surface area contributed by atoms with Crippen LogP contribution in [0.25, 0.3) is 0 Å². The van der Waals surface area contributed by atoms with Crippen molar-refractivity contribution in [2.75, 3.05) is 24.6 Å². The summed E-state index contributed by atoms with van der Waals surface area (Å²) in [4.78, 5) is 13.3. The molecule has 0 aliphatic rings. The van der Waals surface area contributed by atoms with E-state index in [4.69, 9.17) is 4.52 Å². The Morgan fingerprint density at radius 3 is 1.44 bits per heavy atom. The summed E-state index contributed by atoms with van der Waals surface area (Å²) in [5.41, 5.74) is -0.364. The van der Waals surface area contributed by atoms with E-state index in [0.29, 0.717) is 0 Å². The molecule has 0 aromatic rings. The molecule has 164 valence electrons. The SMILES string of the molecule is CCCCCCP(CCCC)(CCCC)(CCCC)OC(=O)C(C)(C)CC. The Bertz CT molecular complexity index is 379. The van der Waals surface area contributed by atoms with Crippen LogP contribution in [0, 0.1) is 5.41 Å². The molecule has 0 atom stereocenters. The molecule has 0 fully saturated rings. The van der Waals surface area contributed by atoms with Crippen LogP contribution >= 0.6 is 6.83 Å². The minimum absolute atomic E-state index is 0.0847. The fourth-order valence-corrected chi connectivity index (χ4v) is 10.8. The van der Waals surface area contributed by atoms with Crippen molar-refractivity contribution in [3.63, 3.8) is 0 Å². The normalized spacial score (nSPS) is 14.0. The quantitative estimate of drug-likeness (QED) is 0.180. The number of carbonyl (C=O) groups is 1. The van der Waals surface area contributed by atoms with E-state index in [0.717, 1.165) is 6.42 Å². The van der Waals surface area contributed by atoms with Gasteiger partial charge in [0.2, 0.25) is 0 Å². The second kappa shape index (κ2) is 13.2. The Morgan fingerprint density at radius 2 is 1.07 bits per heavy atom. The van der Waals surface area contributed by atoms with E-state index in [9.17, 15) is 4.79 Å². The third kappa shape index (κ3) is 8.84. The molecular weight excluding hydrogens is 351 g/mol. The average Bonchev–Trinajstić information content (AvgIpc) is 2.67. The number of rotatable bonds is 17. The molecule has 0 bridgehead atoms. The summed E-state index contributed by atoms with van der Waals surface area (Å²) < 4.78 is 6.86. The van der Waals surface area contributed by atoms with Gasteiger partial charge in [-0.2, -0.15) is 0 Å². The molecule has 3 heteroatoms. The second-order valence-electron chi connectivity index (χ2n) is 9.49. The predicted molar refractivity (Wildman–Crippen MR) is 125 cm³/mol. The number of hydrogen-bond acceptors (Lipinski definition) is 2. The molecule has 0 unspecified atom stereocenters. The third-order valence-corrected chi connectivity index (χ3v) is 13.1. The van der Waals surface area contributed by atoms with Crippen molar-refractivity contribution in [1.82, 2.24) is 0 Å². The van der Waals surface area contributed by atoms with Crippen LogP contribution in [-0.4, -0.2) is 30.6 Å². The maximum absolute atomic E-state index is 13.3. The Labute approximate surface area is 171 Å². The van der Waals surface area contributed by atoms with Gasteiger partial charge in [-0.05, 0) is 0 Å². The molecule has 0 N–H and O–H groups in total. The molecular formula is C24H51O2P.